The Bertz CT molecular complexity index is 338. The summed E-state index contributed by atoms with van der Waals surface area (Å²) in [7, 11) is -4.05. The molecule has 0 aliphatic rings. The van der Waals surface area contributed by atoms with Gasteiger partial charge in [-0.05, 0) is 0 Å². The van der Waals surface area contributed by atoms with Gasteiger partial charge in [0.25, 0.3) is 0 Å². The van der Waals surface area contributed by atoms with Crippen molar-refractivity contribution in [3.63, 3.8) is 0 Å². The van der Waals surface area contributed by atoms with E-state index in [1.165, 1.54) is 0 Å². The van der Waals surface area contributed by atoms with Crippen molar-refractivity contribution in [2.24, 2.45) is 5.73 Å². The van der Waals surface area contributed by atoms with Crippen LogP contribution in [-0.4, -0.2) is 87.8 Å². The van der Waals surface area contributed by atoms with Gasteiger partial charge in [0.2, 0.25) is 0 Å². The molecular formula is C6H11MgNO9S. The van der Waals surface area contributed by atoms with Crippen LogP contribution in [0.1, 0.15) is 0 Å². The second-order valence-corrected chi connectivity index (χ2v) is 4.12. The monoisotopic (exact) mass is 297 g/mol. The molecule has 0 spiro atoms. The van der Waals surface area contributed by atoms with Gasteiger partial charge in [0.1, 0.15) is 6.10 Å². The normalized spacial score (nSPS) is 13.3. The van der Waals surface area contributed by atoms with Crippen molar-refractivity contribution in [1.29, 1.82) is 0 Å². The molecule has 0 aliphatic carbocycles. The molecular weight excluding hydrogens is 286 g/mol. The molecule has 0 aromatic heterocycles. The molecule has 0 rings (SSSR count). The maximum Gasteiger partial charge on any atom is 2.00 e. The van der Waals surface area contributed by atoms with Crippen LogP contribution < -0.4 is 10.8 Å². The number of carboxylic acid groups (broad SMARTS) is 2. The molecule has 0 amide bonds. The van der Waals surface area contributed by atoms with Gasteiger partial charge in [0.05, 0.1) is 21.8 Å². The molecule has 0 aromatic carbocycles. The SMILES string of the molecule is NCCS(=O)(=O)[O-].O=C([O-])C(O)C(O)C(=O)O.[Mg+2]. The molecule has 2 atom stereocenters. The predicted molar refractivity (Wildman–Crippen MR) is 54.0 cm³/mol. The summed E-state index contributed by atoms with van der Waals surface area (Å²) in [5.41, 5.74) is 4.74. The van der Waals surface area contributed by atoms with Gasteiger partial charge in [-0.1, -0.05) is 0 Å². The molecule has 18 heavy (non-hydrogen) atoms. The van der Waals surface area contributed by atoms with Crippen LogP contribution in [0.3, 0.4) is 0 Å². The Hall–Kier alpha value is -0.504. The van der Waals surface area contributed by atoms with Crippen molar-refractivity contribution >= 4 is 45.1 Å². The van der Waals surface area contributed by atoms with Crippen molar-refractivity contribution in [2.75, 3.05) is 12.3 Å². The van der Waals surface area contributed by atoms with Gasteiger partial charge in [-0.3, -0.25) is 0 Å². The van der Waals surface area contributed by atoms with Crippen LogP contribution in [0.25, 0.3) is 0 Å². The summed E-state index contributed by atoms with van der Waals surface area (Å²) in [4.78, 5) is 19.4. The number of hydrogen-bond donors (Lipinski definition) is 4. The quantitative estimate of drug-likeness (QED) is 0.280. The number of aliphatic hydroxyl groups is 2. The Morgan fingerprint density at radius 2 is 1.61 bits per heavy atom. The van der Waals surface area contributed by atoms with Crippen LogP contribution in [0.4, 0.5) is 0 Å². The zero-order chi connectivity index (χ0) is 14.2. The number of nitrogens with two attached hydrogens (primary N) is 1. The minimum atomic E-state index is -4.05. The third-order valence-electron chi connectivity index (χ3n) is 1.16. The number of hydrogen-bond acceptors (Lipinski definition) is 9. The van der Waals surface area contributed by atoms with Crippen LogP contribution in [0.5, 0.6) is 0 Å². The number of carboxylic acids is 2. The summed E-state index contributed by atoms with van der Waals surface area (Å²) < 4.78 is 28.8. The van der Waals surface area contributed by atoms with E-state index in [0.29, 0.717) is 0 Å². The van der Waals surface area contributed by atoms with E-state index in [1.807, 2.05) is 0 Å². The van der Waals surface area contributed by atoms with Gasteiger partial charge in [-0.25, -0.2) is 13.2 Å². The number of aliphatic carboxylic acids is 2. The first kappa shape index (κ1) is 22.7. The van der Waals surface area contributed by atoms with E-state index >= 15 is 0 Å². The van der Waals surface area contributed by atoms with Crippen molar-refractivity contribution in [3.8, 4) is 0 Å². The van der Waals surface area contributed by atoms with Gasteiger partial charge in [0.15, 0.2) is 6.10 Å². The molecule has 0 saturated heterocycles. The first-order valence-electron chi connectivity index (χ1n) is 3.96. The standard InChI is InChI=1S/C4H6O6.C2H7NO3S.Mg/c5-1(3(7)8)2(6)4(9)10;3-1-2-7(4,5)6;/h1-2,5-6H,(H,7,8)(H,9,10);1-3H2,(H,4,5,6);/q;;+2/p-2. The van der Waals surface area contributed by atoms with E-state index in [9.17, 15) is 27.7 Å². The largest absolute Gasteiger partial charge is 2.00 e. The molecule has 0 saturated carbocycles. The van der Waals surface area contributed by atoms with E-state index in [-0.39, 0.29) is 29.6 Å². The zero-order valence-corrected chi connectivity index (χ0v) is 11.3. The smallest absolute Gasteiger partial charge is 0.748 e. The molecule has 0 fully saturated rings. The average molecular weight is 298 g/mol. The van der Waals surface area contributed by atoms with Crippen LogP contribution in [0.2, 0.25) is 0 Å². The summed E-state index contributed by atoms with van der Waals surface area (Å²) in [6, 6.07) is 0. The van der Waals surface area contributed by atoms with Crippen molar-refractivity contribution in [2.45, 2.75) is 12.2 Å². The molecule has 10 nitrogen and oxygen atoms in total. The van der Waals surface area contributed by atoms with Crippen LogP contribution >= 0.6 is 0 Å². The Balaban J connectivity index is -0.000000251. The van der Waals surface area contributed by atoms with E-state index in [4.69, 9.17) is 21.1 Å². The molecule has 0 aromatic rings. The minimum absolute atomic E-state index is 0. The number of rotatable bonds is 5. The summed E-state index contributed by atoms with van der Waals surface area (Å²) >= 11 is 0. The predicted octanol–water partition coefficient (Wildman–Crippen LogP) is -5.35. The molecule has 2 unspecified atom stereocenters. The number of aliphatic hydroxyl groups excluding tert-OH is 2. The molecule has 0 aliphatic heterocycles. The van der Waals surface area contributed by atoms with Crippen molar-refractivity contribution in [3.05, 3.63) is 0 Å². The fourth-order valence-electron chi connectivity index (χ4n) is 0.408. The van der Waals surface area contributed by atoms with Crippen molar-refractivity contribution < 1.29 is 43.0 Å². The van der Waals surface area contributed by atoms with Crippen LogP contribution in [-0.2, 0) is 19.7 Å². The van der Waals surface area contributed by atoms with Gasteiger partial charge in [0, 0.05) is 6.54 Å². The Morgan fingerprint density at radius 1 is 1.22 bits per heavy atom. The fourth-order valence-corrected chi connectivity index (χ4v) is 0.697. The number of carbonyl (C=O) groups is 2. The summed E-state index contributed by atoms with van der Waals surface area (Å²) in [6.07, 6.45) is -4.71. The van der Waals surface area contributed by atoms with Gasteiger partial charge >= 0.3 is 29.0 Å². The number of carbonyl (C=O) groups excluding carboxylic acids is 1. The maximum atomic E-state index is 9.74. The third-order valence-corrected chi connectivity index (χ3v) is 1.90. The zero-order valence-electron chi connectivity index (χ0n) is 9.05. The topological polar surface area (TPSA) is 201 Å². The molecule has 5 N–H and O–H groups in total. The molecule has 0 heterocycles. The van der Waals surface area contributed by atoms with Gasteiger partial charge in [-0.2, -0.15) is 0 Å². The maximum absolute atomic E-state index is 9.74. The van der Waals surface area contributed by atoms with Crippen LogP contribution in [0.15, 0.2) is 0 Å². The first-order valence-corrected chi connectivity index (χ1v) is 5.54. The first-order chi connectivity index (χ1) is 7.52. The third kappa shape index (κ3) is 13.6. The summed E-state index contributed by atoms with van der Waals surface area (Å²) in [5, 5.41) is 34.1. The Kier molecular flexibility index (Phi) is 13.1. The van der Waals surface area contributed by atoms with E-state index in [1.54, 1.807) is 0 Å². The summed E-state index contributed by atoms with van der Waals surface area (Å²) in [6.45, 7) is -0.0914. The summed E-state index contributed by atoms with van der Waals surface area (Å²) in [5.74, 6) is -4.29. The van der Waals surface area contributed by atoms with E-state index in [0.717, 1.165) is 0 Å². The van der Waals surface area contributed by atoms with Crippen molar-refractivity contribution in [1.82, 2.24) is 0 Å². The fraction of sp³-hybridized carbons (Fsp3) is 0.667. The molecule has 12 heteroatoms. The second kappa shape index (κ2) is 10.4. The van der Waals surface area contributed by atoms with E-state index in [2.05, 4.69) is 0 Å². The van der Waals surface area contributed by atoms with Gasteiger partial charge in [-0.15, -0.1) is 0 Å². The second-order valence-electron chi connectivity index (χ2n) is 2.60. The molecule has 102 valence electrons. The van der Waals surface area contributed by atoms with E-state index < -0.39 is 40.0 Å². The van der Waals surface area contributed by atoms with Crippen LogP contribution in [0, 0.1) is 0 Å². The Morgan fingerprint density at radius 3 is 1.67 bits per heavy atom. The molecule has 0 bridgehead atoms. The van der Waals surface area contributed by atoms with Gasteiger partial charge < -0.3 is 35.5 Å². The minimum Gasteiger partial charge on any atom is -0.748 e. The Labute approximate surface area is 118 Å². The molecule has 0 radical (unpaired) electrons. The average Bonchev–Trinajstić information content (AvgIpc) is 2.14.